The van der Waals surface area contributed by atoms with E-state index in [1.165, 1.54) is 0 Å². The highest BCUT2D eigenvalue weighted by atomic mass is 35.5. The Bertz CT molecular complexity index is 913. The van der Waals surface area contributed by atoms with Crippen molar-refractivity contribution in [2.45, 2.75) is 32.9 Å². The van der Waals surface area contributed by atoms with Gasteiger partial charge < -0.3 is 14.6 Å². The summed E-state index contributed by atoms with van der Waals surface area (Å²) in [5, 5.41) is 7.65. The standard InChI is InChI=1S/C22H24ClN3O3/c1-3-15(2)20(24-19(27)14-28-13-16-7-5-4-6-8-16)22-25-21(26-29-22)17-9-11-18(23)12-10-17/h4-12,15,20H,3,13-14H2,1-2H3,(H,24,27). The second kappa shape index (κ2) is 10.2. The molecule has 0 saturated carbocycles. The van der Waals surface area contributed by atoms with Gasteiger partial charge in [-0.2, -0.15) is 4.98 Å². The number of ether oxygens (including phenoxy) is 1. The molecule has 1 aromatic heterocycles. The number of benzene rings is 2. The first-order valence-corrected chi connectivity index (χ1v) is 9.95. The molecule has 0 spiro atoms. The molecule has 1 amide bonds. The number of rotatable bonds is 9. The molecule has 2 aromatic carbocycles. The molecule has 152 valence electrons. The number of halogens is 1. The monoisotopic (exact) mass is 413 g/mol. The molecule has 6 nitrogen and oxygen atoms in total. The van der Waals surface area contributed by atoms with Crippen LogP contribution in [0.1, 0.15) is 37.8 Å². The van der Waals surface area contributed by atoms with Crippen molar-refractivity contribution in [2.75, 3.05) is 6.61 Å². The zero-order valence-electron chi connectivity index (χ0n) is 16.5. The molecule has 3 rings (SSSR count). The number of nitrogens with zero attached hydrogens (tertiary/aromatic N) is 2. The van der Waals surface area contributed by atoms with Crippen LogP contribution in [-0.2, 0) is 16.1 Å². The van der Waals surface area contributed by atoms with Crippen molar-refractivity contribution in [3.8, 4) is 11.4 Å². The van der Waals surface area contributed by atoms with E-state index in [4.69, 9.17) is 20.9 Å². The summed E-state index contributed by atoms with van der Waals surface area (Å²) in [7, 11) is 0. The molecule has 1 N–H and O–H groups in total. The minimum atomic E-state index is -0.388. The van der Waals surface area contributed by atoms with Crippen LogP contribution in [0, 0.1) is 5.92 Å². The lowest BCUT2D eigenvalue weighted by atomic mass is 9.99. The molecule has 2 atom stereocenters. The molecule has 29 heavy (non-hydrogen) atoms. The van der Waals surface area contributed by atoms with E-state index < -0.39 is 0 Å². The minimum absolute atomic E-state index is 0.0417. The largest absolute Gasteiger partial charge is 0.367 e. The summed E-state index contributed by atoms with van der Waals surface area (Å²) in [6, 6.07) is 16.5. The second-order valence-electron chi connectivity index (χ2n) is 6.87. The predicted octanol–water partition coefficient (Wildman–Crippen LogP) is 4.81. The van der Waals surface area contributed by atoms with Crippen molar-refractivity contribution < 1.29 is 14.1 Å². The molecule has 2 unspecified atom stereocenters. The Labute approximate surface area is 175 Å². The Morgan fingerprint density at radius 1 is 1.17 bits per heavy atom. The smallest absolute Gasteiger partial charge is 0.249 e. The Morgan fingerprint density at radius 3 is 2.59 bits per heavy atom. The fraction of sp³-hybridized carbons (Fsp3) is 0.318. The number of carbonyl (C=O) groups is 1. The van der Waals surface area contributed by atoms with Crippen molar-refractivity contribution in [3.63, 3.8) is 0 Å². The summed E-state index contributed by atoms with van der Waals surface area (Å²) in [5.74, 6) is 0.726. The number of carbonyl (C=O) groups excluding carboxylic acids is 1. The van der Waals surface area contributed by atoms with Gasteiger partial charge in [0.15, 0.2) is 0 Å². The van der Waals surface area contributed by atoms with Gasteiger partial charge in [-0.1, -0.05) is 67.4 Å². The van der Waals surface area contributed by atoms with Crippen molar-refractivity contribution in [2.24, 2.45) is 5.92 Å². The van der Waals surface area contributed by atoms with Gasteiger partial charge in [-0.3, -0.25) is 4.79 Å². The fourth-order valence-corrected chi connectivity index (χ4v) is 2.94. The third-order valence-corrected chi connectivity index (χ3v) is 4.94. The van der Waals surface area contributed by atoms with Gasteiger partial charge in [-0.05, 0) is 35.7 Å². The molecule has 1 heterocycles. The van der Waals surface area contributed by atoms with Crippen LogP contribution in [0.25, 0.3) is 11.4 Å². The van der Waals surface area contributed by atoms with Crippen LogP contribution in [0.4, 0.5) is 0 Å². The van der Waals surface area contributed by atoms with Gasteiger partial charge in [0.1, 0.15) is 12.6 Å². The summed E-state index contributed by atoms with van der Waals surface area (Å²) in [5.41, 5.74) is 1.81. The first-order chi connectivity index (χ1) is 14.1. The summed E-state index contributed by atoms with van der Waals surface area (Å²) in [6.45, 7) is 4.41. The van der Waals surface area contributed by atoms with Gasteiger partial charge in [0, 0.05) is 10.6 Å². The molecule has 0 aliphatic heterocycles. The van der Waals surface area contributed by atoms with Crippen LogP contribution in [0.15, 0.2) is 59.1 Å². The van der Waals surface area contributed by atoms with Gasteiger partial charge in [-0.15, -0.1) is 0 Å². The first kappa shape index (κ1) is 21.0. The second-order valence-corrected chi connectivity index (χ2v) is 7.31. The number of amides is 1. The third-order valence-electron chi connectivity index (χ3n) is 4.68. The molecule has 7 heteroatoms. The molecule has 0 saturated heterocycles. The normalized spacial score (nSPS) is 13.1. The lowest BCUT2D eigenvalue weighted by Crippen LogP contribution is -2.35. The molecular formula is C22H24ClN3O3. The number of hydrogen-bond acceptors (Lipinski definition) is 5. The Balaban J connectivity index is 1.63. The number of nitrogens with one attached hydrogen (secondary N) is 1. The molecule has 0 bridgehead atoms. The summed E-state index contributed by atoms with van der Waals surface area (Å²) < 4.78 is 11.0. The van der Waals surface area contributed by atoms with Crippen molar-refractivity contribution in [1.82, 2.24) is 15.5 Å². The van der Waals surface area contributed by atoms with Crippen molar-refractivity contribution >= 4 is 17.5 Å². The maximum absolute atomic E-state index is 12.4. The average Bonchev–Trinajstić information content (AvgIpc) is 3.22. The van der Waals surface area contributed by atoms with E-state index in [1.54, 1.807) is 12.1 Å². The highest BCUT2D eigenvalue weighted by Gasteiger charge is 2.26. The number of hydrogen-bond donors (Lipinski definition) is 1. The van der Waals surface area contributed by atoms with Crippen LogP contribution in [-0.4, -0.2) is 22.7 Å². The quantitative estimate of drug-likeness (QED) is 0.544. The topological polar surface area (TPSA) is 77.2 Å². The highest BCUT2D eigenvalue weighted by molar-refractivity contribution is 6.30. The Kier molecular flexibility index (Phi) is 7.38. The van der Waals surface area contributed by atoms with E-state index in [1.807, 2.05) is 56.3 Å². The van der Waals surface area contributed by atoms with Gasteiger partial charge in [-0.25, -0.2) is 0 Å². The first-order valence-electron chi connectivity index (χ1n) is 9.57. The van der Waals surface area contributed by atoms with Gasteiger partial charge >= 0.3 is 0 Å². The zero-order chi connectivity index (χ0) is 20.6. The van der Waals surface area contributed by atoms with Crippen LogP contribution < -0.4 is 5.32 Å². The molecule has 0 aliphatic rings. The summed E-state index contributed by atoms with van der Waals surface area (Å²) >= 11 is 5.93. The van der Waals surface area contributed by atoms with E-state index in [9.17, 15) is 4.79 Å². The fourth-order valence-electron chi connectivity index (χ4n) is 2.81. The average molecular weight is 414 g/mol. The van der Waals surface area contributed by atoms with Crippen LogP contribution in [0.2, 0.25) is 5.02 Å². The highest BCUT2D eigenvalue weighted by Crippen LogP contribution is 2.26. The van der Waals surface area contributed by atoms with Gasteiger partial charge in [0.05, 0.1) is 6.61 Å². The molecule has 0 aliphatic carbocycles. The molecule has 0 radical (unpaired) electrons. The van der Waals surface area contributed by atoms with Crippen molar-refractivity contribution in [3.05, 3.63) is 71.1 Å². The Morgan fingerprint density at radius 2 is 1.90 bits per heavy atom. The SMILES string of the molecule is CCC(C)C(NC(=O)COCc1ccccc1)c1nc(-c2ccc(Cl)cc2)no1. The molecule has 0 fully saturated rings. The Hall–Kier alpha value is -2.70. The van der Waals surface area contributed by atoms with E-state index in [0.717, 1.165) is 17.5 Å². The lowest BCUT2D eigenvalue weighted by molar-refractivity contribution is -0.127. The maximum atomic E-state index is 12.4. The van der Waals surface area contributed by atoms with Crippen LogP contribution in [0.5, 0.6) is 0 Å². The van der Waals surface area contributed by atoms with E-state index in [2.05, 4.69) is 15.5 Å². The predicted molar refractivity (Wildman–Crippen MR) is 111 cm³/mol. The zero-order valence-corrected chi connectivity index (χ0v) is 17.2. The molecular weight excluding hydrogens is 390 g/mol. The summed E-state index contributed by atoms with van der Waals surface area (Å²) in [4.78, 5) is 16.9. The van der Waals surface area contributed by atoms with E-state index in [0.29, 0.717) is 23.3 Å². The minimum Gasteiger partial charge on any atom is -0.367 e. The lowest BCUT2D eigenvalue weighted by Gasteiger charge is -2.20. The number of aromatic nitrogens is 2. The molecule has 3 aromatic rings. The van der Waals surface area contributed by atoms with E-state index in [-0.39, 0.29) is 24.5 Å². The van der Waals surface area contributed by atoms with E-state index >= 15 is 0 Å². The van der Waals surface area contributed by atoms with Crippen LogP contribution in [0.3, 0.4) is 0 Å². The summed E-state index contributed by atoms with van der Waals surface area (Å²) in [6.07, 6.45) is 0.842. The van der Waals surface area contributed by atoms with Gasteiger partial charge in [0.25, 0.3) is 0 Å². The van der Waals surface area contributed by atoms with Crippen molar-refractivity contribution in [1.29, 1.82) is 0 Å². The third kappa shape index (κ3) is 5.89. The van der Waals surface area contributed by atoms with Gasteiger partial charge in [0.2, 0.25) is 17.6 Å². The maximum Gasteiger partial charge on any atom is 0.249 e. The van der Waals surface area contributed by atoms with Crippen LogP contribution >= 0.6 is 11.6 Å².